The van der Waals surface area contributed by atoms with Gasteiger partial charge in [0.15, 0.2) is 5.58 Å². The third-order valence-corrected chi connectivity index (χ3v) is 5.96. The Balaban J connectivity index is 1.49. The van der Waals surface area contributed by atoms with Gasteiger partial charge < -0.3 is 24.4 Å². The number of aliphatic hydroxyl groups excluding tert-OH is 1. The van der Waals surface area contributed by atoms with E-state index in [1.54, 1.807) is 0 Å². The fourth-order valence-corrected chi connectivity index (χ4v) is 4.27. The maximum absolute atomic E-state index is 11.0. The van der Waals surface area contributed by atoms with E-state index in [1.807, 2.05) is 6.07 Å². The van der Waals surface area contributed by atoms with Crippen LogP contribution in [0.15, 0.2) is 22.7 Å². The van der Waals surface area contributed by atoms with E-state index < -0.39 is 6.09 Å². The van der Waals surface area contributed by atoms with Gasteiger partial charge >= 0.3 is 6.09 Å². The van der Waals surface area contributed by atoms with Gasteiger partial charge in [0.25, 0.3) is 0 Å². The summed E-state index contributed by atoms with van der Waals surface area (Å²) < 4.78 is 11.0. The summed E-state index contributed by atoms with van der Waals surface area (Å²) in [6.07, 6.45) is 5.61. The van der Waals surface area contributed by atoms with Gasteiger partial charge in [-0.15, -0.1) is 0 Å². The van der Waals surface area contributed by atoms with E-state index in [4.69, 9.17) is 14.4 Å². The van der Waals surface area contributed by atoms with Crippen molar-refractivity contribution >= 4 is 22.6 Å². The van der Waals surface area contributed by atoms with Crippen molar-refractivity contribution in [2.75, 3.05) is 26.3 Å². The average Bonchev–Trinajstić information content (AvgIpc) is 3.15. The minimum absolute atomic E-state index is 0.0901. The zero-order chi connectivity index (χ0) is 19.5. The number of amides is 1. The van der Waals surface area contributed by atoms with Crippen LogP contribution in [-0.2, 0) is 17.8 Å². The molecule has 4 rings (SSSR count). The van der Waals surface area contributed by atoms with Gasteiger partial charge in [-0.25, -0.2) is 4.79 Å². The summed E-state index contributed by atoms with van der Waals surface area (Å²) in [5.74, 6) is 0.506. The maximum atomic E-state index is 11.0. The minimum Gasteiger partial charge on any atom is -0.465 e. The number of ether oxygens (including phenoxy) is 1. The molecule has 7 nitrogen and oxygen atoms in total. The number of piperidine rings is 1. The number of aryl methyl sites for hydroxylation is 1. The van der Waals surface area contributed by atoms with Crippen LogP contribution in [0.5, 0.6) is 0 Å². The van der Waals surface area contributed by atoms with Gasteiger partial charge in [0.2, 0.25) is 0 Å². The first-order chi connectivity index (χ1) is 13.7. The molecule has 28 heavy (non-hydrogen) atoms. The highest BCUT2D eigenvalue weighted by molar-refractivity contribution is 5.88. The van der Waals surface area contributed by atoms with Gasteiger partial charge in [-0.05, 0) is 55.2 Å². The summed E-state index contributed by atoms with van der Waals surface area (Å²) in [7, 11) is 0. The van der Waals surface area contributed by atoms with Gasteiger partial charge in [-0.2, -0.15) is 0 Å². The highest BCUT2D eigenvalue weighted by Gasteiger charge is 2.23. The van der Waals surface area contributed by atoms with Gasteiger partial charge in [0, 0.05) is 24.0 Å². The molecule has 1 aromatic carbocycles. The zero-order valence-corrected chi connectivity index (χ0v) is 15.9. The summed E-state index contributed by atoms with van der Waals surface area (Å²) >= 11 is 0. The molecule has 2 aliphatic heterocycles. The second-order valence-corrected chi connectivity index (χ2v) is 7.56. The Morgan fingerprint density at radius 1 is 1.29 bits per heavy atom. The molecular formula is C21H26N2O5. The first-order valence-corrected chi connectivity index (χ1v) is 9.93. The molecule has 150 valence electrons. The van der Waals surface area contributed by atoms with E-state index in [1.165, 1.54) is 10.5 Å². The Morgan fingerprint density at radius 3 is 2.79 bits per heavy atom. The lowest BCUT2D eigenvalue weighted by Crippen LogP contribution is -2.37. The van der Waals surface area contributed by atoms with Gasteiger partial charge in [-0.3, -0.25) is 0 Å². The van der Waals surface area contributed by atoms with Crippen LogP contribution in [-0.4, -0.2) is 52.7 Å². The lowest BCUT2D eigenvalue weighted by Gasteiger charge is -2.29. The predicted molar refractivity (Wildman–Crippen MR) is 104 cm³/mol. The molecule has 0 saturated carbocycles. The van der Waals surface area contributed by atoms with Crippen molar-refractivity contribution in [3.05, 3.63) is 35.0 Å². The minimum atomic E-state index is -0.826. The molecule has 0 aliphatic carbocycles. The van der Waals surface area contributed by atoms with E-state index in [0.717, 1.165) is 54.3 Å². The monoisotopic (exact) mass is 386 g/mol. The standard InChI is InChI=1S/C21H26N2O5/c24-13-18-16(15-7-11-27-12-8-15)2-3-17-19(22-28-20(17)18)4-1-14-5-9-23(10-6-14)21(25)26/h2-3,7,14,24H,1,4-6,8-13H2,(H,25,26). The van der Waals surface area contributed by atoms with Gasteiger partial charge in [0.1, 0.15) is 0 Å². The quantitative estimate of drug-likeness (QED) is 0.817. The van der Waals surface area contributed by atoms with Crippen LogP contribution < -0.4 is 0 Å². The van der Waals surface area contributed by atoms with Crippen LogP contribution in [0, 0.1) is 5.92 Å². The number of hydrogen-bond acceptors (Lipinski definition) is 5. The van der Waals surface area contributed by atoms with E-state index in [9.17, 15) is 9.90 Å². The summed E-state index contributed by atoms with van der Waals surface area (Å²) in [6.45, 7) is 2.41. The molecule has 1 saturated heterocycles. The van der Waals surface area contributed by atoms with E-state index in [0.29, 0.717) is 37.8 Å². The Morgan fingerprint density at radius 2 is 2.11 bits per heavy atom. The Kier molecular flexibility index (Phi) is 5.64. The number of likely N-dealkylation sites (tertiary alicyclic amines) is 1. The molecule has 2 N–H and O–H groups in total. The highest BCUT2D eigenvalue weighted by Crippen LogP contribution is 2.33. The number of hydrogen-bond donors (Lipinski definition) is 2. The number of benzene rings is 1. The van der Waals surface area contributed by atoms with E-state index in [-0.39, 0.29) is 6.61 Å². The fourth-order valence-electron chi connectivity index (χ4n) is 4.27. The molecule has 7 heteroatoms. The van der Waals surface area contributed by atoms with E-state index >= 15 is 0 Å². The smallest absolute Gasteiger partial charge is 0.407 e. The second kappa shape index (κ2) is 8.32. The maximum Gasteiger partial charge on any atom is 0.407 e. The van der Waals surface area contributed by atoms with Gasteiger partial charge in [-0.1, -0.05) is 17.3 Å². The molecule has 1 aromatic heterocycles. The van der Waals surface area contributed by atoms with Crippen LogP contribution in [0.4, 0.5) is 4.79 Å². The fraction of sp³-hybridized carbons (Fsp3) is 0.524. The number of carboxylic acid groups (broad SMARTS) is 1. The molecule has 0 bridgehead atoms. The van der Waals surface area contributed by atoms with Crippen molar-refractivity contribution in [2.24, 2.45) is 5.92 Å². The van der Waals surface area contributed by atoms with Crippen LogP contribution in [0.25, 0.3) is 16.5 Å². The van der Waals surface area contributed by atoms with Crippen molar-refractivity contribution in [3.8, 4) is 0 Å². The Hall–Kier alpha value is -2.38. The topological polar surface area (TPSA) is 96.0 Å². The molecule has 2 aliphatic rings. The molecule has 0 radical (unpaired) electrons. The molecule has 0 atom stereocenters. The largest absolute Gasteiger partial charge is 0.465 e. The highest BCUT2D eigenvalue weighted by atomic mass is 16.5. The molecule has 1 amide bonds. The third kappa shape index (κ3) is 3.77. The predicted octanol–water partition coefficient (Wildman–Crippen LogP) is 3.45. The number of aliphatic hydroxyl groups is 1. The molecule has 2 aromatic rings. The van der Waals surface area contributed by atoms with Crippen molar-refractivity contribution in [3.63, 3.8) is 0 Å². The summed E-state index contributed by atoms with van der Waals surface area (Å²) in [5.41, 5.74) is 4.57. The van der Waals surface area contributed by atoms with Crippen molar-refractivity contribution in [1.82, 2.24) is 10.1 Å². The first-order valence-electron chi connectivity index (χ1n) is 9.93. The third-order valence-electron chi connectivity index (χ3n) is 5.96. The summed E-state index contributed by atoms with van der Waals surface area (Å²) in [4.78, 5) is 12.5. The van der Waals surface area contributed by atoms with Crippen molar-refractivity contribution in [2.45, 2.75) is 38.7 Å². The lowest BCUT2D eigenvalue weighted by molar-refractivity contribution is 0.123. The lowest BCUT2D eigenvalue weighted by atomic mass is 9.90. The number of fused-ring (bicyclic) bond motifs is 1. The number of aromatic nitrogens is 1. The van der Waals surface area contributed by atoms with E-state index in [2.05, 4.69) is 17.3 Å². The normalized spacial score (nSPS) is 18.5. The Bertz CT molecular complexity index is 880. The number of carbonyl (C=O) groups is 1. The zero-order valence-electron chi connectivity index (χ0n) is 15.9. The Labute approximate surface area is 163 Å². The molecular weight excluding hydrogens is 360 g/mol. The summed E-state index contributed by atoms with van der Waals surface area (Å²) in [5, 5.41) is 24.3. The molecule has 0 spiro atoms. The van der Waals surface area contributed by atoms with Crippen LogP contribution >= 0.6 is 0 Å². The van der Waals surface area contributed by atoms with Crippen LogP contribution in [0.1, 0.15) is 42.5 Å². The van der Waals surface area contributed by atoms with Crippen molar-refractivity contribution < 1.29 is 24.3 Å². The first kappa shape index (κ1) is 19.0. The average molecular weight is 386 g/mol. The molecule has 0 unspecified atom stereocenters. The van der Waals surface area contributed by atoms with Gasteiger partial charge in [0.05, 0.1) is 25.5 Å². The van der Waals surface area contributed by atoms with Crippen LogP contribution in [0.2, 0.25) is 0 Å². The second-order valence-electron chi connectivity index (χ2n) is 7.56. The molecule has 1 fully saturated rings. The number of nitrogens with zero attached hydrogens (tertiary/aromatic N) is 2. The van der Waals surface area contributed by atoms with Crippen LogP contribution in [0.3, 0.4) is 0 Å². The number of rotatable bonds is 5. The summed E-state index contributed by atoms with van der Waals surface area (Å²) in [6, 6.07) is 4.09. The molecule has 3 heterocycles. The van der Waals surface area contributed by atoms with Crippen molar-refractivity contribution in [1.29, 1.82) is 0 Å². The SMILES string of the molecule is O=C(O)N1CCC(CCc2noc3c(CO)c(C4=CCOCC4)ccc23)CC1.